The number of furan rings is 1. The number of benzene rings is 2. The number of nitrogens with one attached hydrogen (secondary N) is 2. The fourth-order valence-corrected chi connectivity index (χ4v) is 2.79. The van der Waals surface area contributed by atoms with E-state index in [4.69, 9.17) is 4.42 Å². The van der Waals surface area contributed by atoms with Crippen molar-refractivity contribution in [1.29, 1.82) is 0 Å². The average Bonchev–Trinajstić information content (AvgIpc) is 3.35. The number of anilines is 1. The second kappa shape index (κ2) is 6.43. The molecule has 1 aliphatic rings. The molecule has 2 amide bonds. The lowest BCUT2D eigenvalue weighted by molar-refractivity contribution is -0.117. The van der Waals surface area contributed by atoms with Gasteiger partial charge in [-0.2, -0.15) is 0 Å². The Balaban J connectivity index is 1.63. The molecule has 0 spiro atoms. The van der Waals surface area contributed by atoms with Crippen LogP contribution in [-0.2, 0) is 11.3 Å². The van der Waals surface area contributed by atoms with Gasteiger partial charge in [-0.15, -0.1) is 0 Å². The molecule has 0 atom stereocenters. The summed E-state index contributed by atoms with van der Waals surface area (Å²) in [6.45, 7) is 0.300. The van der Waals surface area contributed by atoms with Crippen LogP contribution in [0.4, 0.5) is 5.69 Å². The van der Waals surface area contributed by atoms with E-state index < -0.39 is 0 Å². The van der Waals surface area contributed by atoms with Gasteiger partial charge in [-0.1, -0.05) is 24.3 Å². The lowest BCUT2D eigenvalue weighted by Crippen LogP contribution is -2.25. The summed E-state index contributed by atoms with van der Waals surface area (Å²) >= 11 is 0. The Kier molecular flexibility index (Phi) is 3.98. The minimum atomic E-state index is -0.242. The van der Waals surface area contributed by atoms with Crippen molar-refractivity contribution >= 4 is 28.3 Å². The van der Waals surface area contributed by atoms with Crippen LogP contribution in [0, 0.1) is 5.92 Å². The molecular formula is C20H18N2O3. The molecule has 5 heteroatoms. The maximum absolute atomic E-state index is 12.7. The molecule has 5 nitrogen and oxygen atoms in total. The lowest BCUT2D eigenvalue weighted by atomic mass is 10.0. The number of hydrogen-bond donors (Lipinski definition) is 2. The molecule has 1 fully saturated rings. The number of amides is 2. The monoisotopic (exact) mass is 334 g/mol. The van der Waals surface area contributed by atoms with E-state index in [9.17, 15) is 9.59 Å². The molecule has 0 saturated heterocycles. The van der Waals surface area contributed by atoms with Gasteiger partial charge in [0.05, 0.1) is 24.1 Å². The van der Waals surface area contributed by atoms with Crippen molar-refractivity contribution < 1.29 is 14.0 Å². The molecular weight excluding hydrogens is 316 g/mol. The first-order valence-corrected chi connectivity index (χ1v) is 8.35. The van der Waals surface area contributed by atoms with E-state index in [0.29, 0.717) is 23.6 Å². The lowest BCUT2D eigenvalue weighted by Gasteiger charge is -2.13. The zero-order valence-electron chi connectivity index (χ0n) is 13.6. The number of carbonyl (C=O) groups is 2. The second-order valence-electron chi connectivity index (χ2n) is 6.27. The van der Waals surface area contributed by atoms with Crippen molar-refractivity contribution in [2.75, 3.05) is 5.32 Å². The van der Waals surface area contributed by atoms with E-state index in [1.807, 2.05) is 36.4 Å². The highest BCUT2D eigenvalue weighted by Crippen LogP contribution is 2.32. The molecule has 1 saturated carbocycles. The predicted octanol–water partition coefficient (Wildman–Crippen LogP) is 3.71. The van der Waals surface area contributed by atoms with E-state index in [2.05, 4.69) is 10.6 Å². The molecule has 2 aromatic carbocycles. The fraction of sp³-hybridized carbons (Fsp3) is 0.200. The second-order valence-corrected chi connectivity index (χ2v) is 6.27. The Morgan fingerprint density at radius 1 is 1.04 bits per heavy atom. The number of rotatable bonds is 5. The van der Waals surface area contributed by atoms with Gasteiger partial charge in [0.15, 0.2) is 0 Å². The van der Waals surface area contributed by atoms with Gasteiger partial charge in [-0.25, -0.2) is 0 Å². The van der Waals surface area contributed by atoms with Gasteiger partial charge in [0.1, 0.15) is 5.76 Å². The normalized spacial score (nSPS) is 13.6. The maximum Gasteiger partial charge on any atom is 0.253 e. The molecule has 2 N–H and O–H groups in total. The van der Waals surface area contributed by atoms with Crippen molar-refractivity contribution in [1.82, 2.24) is 5.32 Å². The van der Waals surface area contributed by atoms with E-state index in [1.54, 1.807) is 18.4 Å². The minimum Gasteiger partial charge on any atom is -0.467 e. The van der Waals surface area contributed by atoms with Crippen LogP contribution < -0.4 is 10.6 Å². The Morgan fingerprint density at radius 2 is 1.80 bits per heavy atom. The van der Waals surface area contributed by atoms with Gasteiger partial charge in [0.25, 0.3) is 5.91 Å². The van der Waals surface area contributed by atoms with Gasteiger partial charge < -0.3 is 15.1 Å². The van der Waals surface area contributed by atoms with E-state index in [1.165, 1.54) is 0 Å². The van der Waals surface area contributed by atoms with Crippen LogP contribution in [-0.4, -0.2) is 11.8 Å². The highest BCUT2D eigenvalue weighted by molar-refractivity contribution is 6.08. The van der Waals surface area contributed by atoms with Gasteiger partial charge in [0.2, 0.25) is 5.91 Å². The highest BCUT2D eigenvalue weighted by Gasteiger charge is 2.30. The van der Waals surface area contributed by atoms with E-state index in [-0.39, 0.29) is 17.7 Å². The van der Waals surface area contributed by atoms with Crippen LogP contribution in [0.1, 0.15) is 29.0 Å². The van der Waals surface area contributed by atoms with Gasteiger partial charge in [0, 0.05) is 5.92 Å². The van der Waals surface area contributed by atoms with Crippen LogP contribution in [0.25, 0.3) is 10.8 Å². The average molecular weight is 334 g/mol. The van der Waals surface area contributed by atoms with Crippen LogP contribution >= 0.6 is 0 Å². The Hall–Kier alpha value is -3.08. The van der Waals surface area contributed by atoms with E-state index >= 15 is 0 Å². The molecule has 1 aromatic heterocycles. The Bertz CT molecular complexity index is 927. The first-order valence-electron chi connectivity index (χ1n) is 8.35. The summed E-state index contributed by atoms with van der Waals surface area (Å²) in [4.78, 5) is 24.8. The summed E-state index contributed by atoms with van der Waals surface area (Å²) in [6, 6.07) is 15.0. The quantitative estimate of drug-likeness (QED) is 0.747. The summed E-state index contributed by atoms with van der Waals surface area (Å²) in [5, 5.41) is 7.69. The maximum atomic E-state index is 12.7. The smallest absolute Gasteiger partial charge is 0.253 e. The Labute approximate surface area is 145 Å². The third-order valence-corrected chi connectivity index (χ3v) is 4.34. The molecule has 0 bridgehead atoms. The standard InChI is InChI=1S/C20H18N2O3/c23-19(13-7-8-13)22-18-11-15-5-2-1-4-14(15)10-17(18)20(24)21-12-16-6-3-9-25-16/h1-6,9-11,13H,7-8,12H2,(H,21,24)(H,22,23). The third-order valence-electron chi connectivity index (χ3n) is 4.34. The van der Waals surface area contributed by atoms with Crippen molar-refractivity contribution in [2.24, 2.45) is 5.92 Å². The number of carbonyl (C=O) groups excluding carboxylic acids is 2. The molecule has 3 aromatic rings. The fourth-order valence-electron chi connectivity index (χ4n) is 2.79. The third kappa shape index (κ3) is 3.40. The summed E-state index contributed by atoms with van der Waals surface area (Å²) < 4.78 is 5.24. The summed E-state index contributed by atoms with van der Waals surface area (Å²) in [6.07, 6.45) is 3.40. The summed E-state index contributed by atoms with van der Waals surface area (Å²) in [7, 11) is 0. The Morgan fingerprint density at radius 3 is 2.48 bits per heavy atom. The molecule has 4 rings (SSSR count). The van der Waals surface area contributed by atoms with Crippen LogP contribution in [0.15, 0.2) is 59.2 Å². The SMILES string of the molecule is O=C(NCc1ccco1)c1cc2ccccc2cc1NC(=O)C1CC1. The molecule has 1 heterocycles. The van der Waals surface area contributed by atoms with Crippen LogP contribution in [0.5, 0.6) is 0 Å². The van der Waals surface area contributed by atoms with Crippen molar-refractivity contribution in [3.05, 3.63) is 66.1 Å². The van der Waals surface area contributed by atoms with Gasteiger partial charge in [-0.3, -0.25) is 9.59 Å². The molecule has 126 valence electrons. The first kappa shape index (κ1) is 15.4. The zero-order chi connectivity index (χ0) is 17.2. The minimum absolute atomic E-state index is 0.0182. The topological polar surface area (TPSA) is 71.3 Å². The van der Waals surface area contributed by atoms with Gasteiger partial charge >= 0.3 is 0 Å². The molecule has 0 unspecified atom stereocenters. The molecule has 1 aliphatic carbocycles. The molecule has 0 aliphatic heterocycles. The number of fused-ring (bicyclic) bond motifs is 1. The number of hydrogen-bond acceptors (Lipinski definition) is 3. The highest BCUT2D eigenvalue weighted by atomic mass is 16.3. The van der Waals surface area contributed by atoms with Crippen molar-refractivity contribution in [3.8, 4) is 0 Å². The van der Waals surface area contributed by atoms with Gasteiger partial charge in [-0.05, 0) is 47.9 Å². The summed E-state index contributed by atoms with van der Waals surface area (Å²) in [5.74, 6) is 0.492. The summed E-state index contributed by atoms with van der Waals surface area (Å²) in [5.41, 5.74) is 1.01. The molecule has 25 heavy (non-hydrogen) atoms. The van der Waals surface area contributed by atoms with E-state index in [0.717, 1.165) is 23.6 Å². The van der Waals surface area contributed by atoms with Crippen LogP contribution in [0.3, 0.4) is 0 Å². The zero-order valence-corrected chi connectivity index (χ0v) is 13.6. The van der Waals surface area contributed by atoms with Crippen LogP contribution in [0.2, 0.25) is 0 Å². The largest absolute Gasteiger partial charge is 0.467 e. The molecule has 0 radical (unpaired) electrons. The first-order chi connectivity index (χ1) is 12.2. The predicted molar refractivity (Wildman–Crippen MR) is 95.2 cm³/mol. The van der Waals surface area contributed by atoms with Crippen molar-refractivity contribution in [2.45, 2.75) is 19.4 Å². The van der Waals surface area contributed by atoms with Crippen molar-refractivity contribution in [3.63, 3.8) is 0 Å².